The molecule has 2 rings (SSSR count). The average molecular weight is 421 g/mol. The number of nitrogens with zero attached hydrogens (tertiary/aromatic N) is 1. The number of rotatable bonds is 8. The molecule has 1 aromatic rings. The molecule has 0 radical (unpaired) electrons. The minimum absolute atomic E-state index is 0.151. The molecule has 0 bridgehead atoms. The Morgan fingerprint density at radius 2 is 1.78 bits per heavy atom. The van der Waals surface area contributed by atoms with Gasteiger partial charge in [0, 0.05) is 6.54 Å². The van der Waals surface area contributed by atoms with E-state index in [1.807, 2.05) is 13.1 Å². The largest absolute Gasteiger partial charge is 0.744 e. The van der Waals surface area contributed by atoms with Gasteiger partial charge in [-0.25, -0.2) is 8.42 Å². The van der Waals surface area contributed by atoms with Gasteiger partial charge in [-0.15, -0.1) is 0 Å². The Balaban J connectivity index is 0.000000289. The number of benzene rings is 1. The number of hydrogen-bond acceptors (Lipinski definition) is 6. The van der Waals surface area contributed by atoms with E-state index in [9.17, 15) is 21.4 Å². The minimum atomic E-state index is -4.27. The fraction of sp³-hybridized carbons (Fsp3) is 0.529. The summed E-state index contributed by atoms with van der Waals surface area (Å²) in [6, 6.07) is 5.78. The minimum Gasteiger partial charge on any atom is -0.744 e. The number of unbranched alkanes of at least 4 members (excludes halogenated alkanes) is 1. The Labute approximate surface area is 162 Å². The predicted octanol–water partition coefficient (Wildman–Crippen LogP) is 0.593. The molecule has 1 aliphatic rings. The lowest BCUT2D eigenvalue weighted by molar-refractivity contribution is -0.849. The van der Waals surface area contributed by atoms with Gasteiger partial charge in [-0.1, -0.05) is 31.0 Å². The fourth-order valence-electron chi connectivity index (χ4n) is 2.45. The molecule has 0 saturated heterocycles. The molecule has 8 nitrogen and oxygen atoms in total. The Morgan fingerprint density at radius 1 is 1.15 bits per heavy atom. The second-order valence-corrected chi connectivity index (χ2v) is 9.41. The molecule has 154 valence electrons. The highest BCUT2D eigenvalue weighted by Crippen LogP contribution is 2.08. The van der Waals surface area contributed by atoms with E-state index in [1.54, 1.807) is 12.1 Å². The van der Waals surface area contributed by atoms with Gasteiger partial charge in [0.1, 0.15) is 16.3 Å². The average Bonchev–Trinajstić information content (AvgIpc) is 2.99. The van der Waals surface area contributed by atoms with Gasteiger partial charge in [-0.05, 0) is 31.9 Å². The van der Waals surface area contributed by atoms with E-state index < -0.39 is 20.2 Å². The molecule has 0 fully saturated rings. The first-order valence-corrected chi connectivity index (χ1v) is 11.8. The third kappa shape index (κ3) is 10.5. The second kappa shape index (κ2) is 10.8. The molecule has 1 atom stereocenters. The zero-order valence-corrected chi connectivity index (χ0v) is 17.3. The highest BCUT2D eigenvalue weighted by Gasteiger charge is 2.16. The molecule has 2 N–H and O–H groups in total. The summed E-state index contributed by atoms with van der Waals surface area (Å²) in [7, 11) is -8.07. The van der Waals surface area contributed by atoms with Gasteiger partial charge >= 0.3 is 0 Å². The molecule has 1 aromatic carbocycles. The Morgan fingerprint density at radius 3 is 2.30 bits per heavy atom. The van der Waals surface area contributed by atoms with E-state index in [0.29, 0.717) is 13.0 Å². The summed E-state index contributed by atoms with van der Waals surface area (Å²) in [5.74, 6) is -0.151. The van der Waals surface area contributed by atoms with Crippen molar-refractivity contribution in [2.75, 3.05) is 25.5 Å². The third-order valence-electron chi connectivity index (χ3n) is 3.94. The molecule has 27 heavy (non-hydrogen) atoms. The van der Waals surface area contributed by atoms with Crippen LogP contribution in [0.3, 0.4) is 0 Å². The zero-order valence-electron chi connectivity index (χ0n) is 15.7. The number of hydrogen-bond donors (Lipinski definition) is 2. The van der Waals surface area contributed by atoms with Crippen molar-refractivity contribution in [1.82, 2.24) is 4.90 Å². The summed E-state index contributed by atoms with van der Waals surface area (Å²) in [6.07, 6.45) is 7.00. The van der Waals surface area contributed by atoms with Crippen LogP contribution >= 0.6 is 0 Å². The third-order valence-corrected chi connectivity index (χ3v) is 5.59. The Hall–Kier alpha value is -1.46. The predicted molar refractivity (Wildman–Crippen MR) is 102 cm³/mol. The van der Waals surface area contributed by atoms with Crippen LogP contribution in [-0.2, 0) is 20.2 Å². The van der Waals surface area contributed by atoms with Crippen molar-refractivity contribution < 1.29 is 30.8 Å². The first-order valence-electron chi connectivity index (χ1n) is 8.76. The van der Waals surface area contributed by atoms with E-state index in [0.717, 1.165) is 18.8 Å². The van der Waals surface area contributed by atoms with Crippen LogP contribution in [0.1, 0.15) is 31.7 Å². The maximum absolute atomic E-state index is 10.5. The van der Waals surface area contributed by atoms with Crippen LogP contribution in [0, 0.1) is 6.92 Å². The van der Waals surface area contributed by atoms with Crippen LogP contribution in [0.25, 0.3) is 0 Å². The van der Waals surface area contributed by atoms with Gasteiger partial charge in [-0.2, -0.15) is 8.42 Å². The zero-order chi connectivity index (χ0) is 20.5. The van der Waals surface area contributed by atoms with Crippen molar-refractivity contribution in [1.29, 1.82) is 0 Å². The summed E-state index contributed by atoms with van der Waals surface area (Å²) in [5, 5.41) is 0. The van der Waals surface area contributed by atoms with Gasteiger partial charge in [0.2, 0.25) is 0 Å². The molecular formula is C17H28N2O6S2. The molecule has 1 heterocycles. The quantitative estimate of drug-likeness (QED) is 0.591. The molecule has 1 unspecified atom stereocenters. The van der Waals surface area contributed by atoms with Crippen molar-refractivity contribution in [3.8, 4) is 0 Å². The standard InChI is InChI=1S/C10H20N2O3S.C7H8O3S/c1-2-3-5-11-7-8-12(10-11)6-4-9-16(13,14)15;1-6-2-4-7(5-3-6)11(8,9)10/h7-8H,2-6,9-10H2,1H3,(H,13,14,15);2-5H,1H3,(H,8,9,10). The van der Waals surface area contributed by atoms with E-state index in [4.69, 9.17) is 4.55 Å². The second-order valence-electron chi connectivity index (χ2n) is 6.45. The number of aryl methyl sites for hydroxylation is 1. The lowest BCUT2D eigenvalue weighted by atomic mass is 10.2. The smallest absolute Gasteiger partial charge is 0.264 e. The molecule has 10 heteroatoms. The van der Waals surface area contributed by atoms with Gasteiger partial charge in [0.15, 0.2) is 6.67 Å². The highest BCUT2D eigenvalue weighted by molar-refractivity contribution is 7.86. The van der Waals surface area contributed by atoms with Gasteiger partial charge in [-0.3, -0.25) is 9.45 Å². The molecule has 0 saturated carbocycles. The maximum Gasteiger partial charge on any atom is 0.264 e. The van der Waals surface area contributed by atoms with Crippen LogP contribution < -0.4 is 4.90 Å². The molecule has 0 spiro atoms. The lowest BCUT2D eigenvalue weighted by Gasteiger charge is -2.16. The van der Waals surface area contributed by atoms with Crippen molar-refractivity contribution in [2.45, 2.75) is 38.0 Å². The molecule has 1 aliphatic heterocycles. The molecule has 0 aliphatic carbocycles. The Bertz CT molecular complexity index is 804. The summed E-state index contributed by atoms with van der Waals surface area (Å²) in [6.45, 7) is 6.71. The van der Waals surface area contributed by atoms with E-state index in [-0.39, 0.29) is 10.6 Å². The number of nitrogens with one attached hydrogen (secondary N) is 1. The van der Waals surface area contributed by atoms with Gasteiger partial charge < -0.3 is 9.45 Å². The fourth-order valence-corrected chi connectivity index (χ4v) is 3.42. The van der Waals surface area contributed by atoms with Gasteiger partial charge in [0.25, 0.3) is 10.1 Å². The van der Waals surface area contributed by atoms with E-state index in [1.165, 1.54) is 29.9 Å². The van der Waals surface area contributed by atoms with Crippen LogP contribution in [0.5, 0.6) is 0 Å². The van der Waals surface area contributed by atoms with Crippen LogP contribution in [0.2, 0.25) is 0 Å². The van der Waals surface area contributed by atoms with E-state index in [2.05, 4.69) is 18.0 Å². The molecule has 0 aromatic heterocycles. The van der Waals surface area contributed by atoms with E-state index >= 15 is 0 Å². The summed E-state index contributed by atoms with van der Waals surface area (Å²) in [4.78, 5) is 3.33. The van der Waals surface area contributed by atoms with Crippen molar-refractivity contribution in [2.24, 2.45) is 0 Å². The first-order chi connectivity index (χ1) is 12.5. The normalized spacial score (nSPS) is 16.9. The van der Waals surface area contributed by atoms with Crippen LogP contribution in [0.4, 0.5) is 0 Å². The topological polar surface area (TPSA) is 119 Å². The van der Waals surface area contributed by atoms with Crippen molar-refractivity contribution in [3.63, 3.8) is 0 Å². The first kappa shape index (κ1) is 23.6. The monoisotopic (exact) mass is 420 g/mol. The highest BCUT2D eigenvalue weighted by atomic mass is 32.2. The summed E-state index contributed by atoms with van der Waals surface area (Å²) in [5.41, 5.74) is 0.928. The van der Waals surface area contributed by atoms with Crippen LogP contribution in [0.15, 0.2) is 41.6 Å². The van der Waals surface area contributed by atoms with Crippen molar-refractivity contribution >= 4 is 20.2 Å². The van der Waals surface area contributed by atoms with Gasteiger partial charge in [0.05, 0.1) is 23.4 Å². The van der Waals surface area contributed by atoms with Crippen LogP contribution in [-0.4, -0.2) is 56.4 Å². The van der Waals surface area contributed by atoms with Crippen molar-refractivity contribution in [3.05, 3.63) is 42.2 Å². The molecular weight excluding hydrogens is 392 g/mol. The lowest BCUT2D eigenvalue weighted by Crippen LogP contribution is -3.07. The maximum atomic E-state index is 10.5. The Kier molecular flexibility index (Phi) is 9.40. The summed E-state index contributed by atoms with van der Waals surface area (Å²) >= 11 is 0. The summed E-state index contributed by atoms with van der Waals surface area (Å²) < 4.78 is 60.8. The molecule has 0 amide bonds. The number of quaternary nitrogens is 1. The SMILES string of the molecule is CCCC[NH+]1C=CN(CCCS(=O)(=O)O)C1.Cc1ccc(S(=O)(=O)[O-])cc1.